The van der Waals surface area contributed by atoms with Crippen LogP contribution in [0.1, 0.15) is 39.2 Å². The summed E-state index contributed by atoms with van der Waals surface area (Å²) in [6, 6.07) is 4.11. The van der Waals surface area contributed by atoms with Crippen LogP contribution in [0.25, 0.3) is 0 Å². The molecule has 0 aliphatic carbocycles. The van der Waals surface area contributed by atoms with Crippen LogP contribution in [0, 0.1) is 5.92 Å². The van der Waals surface area contributed by atoms with E-state index in [1.807, 2.05) is 23.2 Å². The van der Waals surface area contributed by atoms with Gasteiger partial charge in [-0.05, 0) is 44.2 Å². The standard InChI is InChI=1S/C17H28N4O/c1-4-20(5-2)16-9-8-15(11-18-16)12-19-17(22)21-10-6-7-14(3)13-21/h8-9,11,14H,4-7,10,12-13H2,1-3H3,(H,19,22). The number of pyridine rings is 1. The lowest BCUT2D eigenvalue weighted by atomic mass is 10.0. The average Bonchev–Trinajstić information content (AvgIpc) is 2.55. The van der Waals surface area contributed by atoms with Crippen molar-refractivity contribution < 1.29 is 4.79 Å². The number of likely N-dealkylation sites (tertiary alicyclic amines) is 1. The molecule has 1 atom stereocenters. The topological polar surface area (TPSA) is 48.5 Å². The number of rotatable bonds is 5. The van der Waals surface area contributed by atoms with Gasteiger partial charge in [0.25, 0.3) is 0 Å². The van der Waals surface area contributed by atoms with E-state index in [1.165, 1.54) is 6.42 Å². The Kier molecular flexibility index (Phi) is 6.04. The molecule has 2 heterocycles. The van der Waals surface area contributed by atoms with Crippen molar-refractivity contribution in [2.75, 3.05) is 31.1 Å². The van der Waals surface area contributed by atoms with Gasteiger partial charge in [-0.25, -0.2) is 9.78 Å². The van der Waals surface area contributed by atoms with Crippen LogP contribution in [-0.2, 0) is 6.54 Å². The van der Waals surface area contributed by atoms with E-state index in [0.29, 0.717) is 12.5 Å². The fourth-order valence-electron chi connectivity index (χ4n) is 2.92. The van der Waals surface area contributed by atoms with E-state index in [0.717, 1.165) is 44.0 Å². The zero-order valence-electron chi connectivity index (χ0n) is 14.0. The first-order valence-electron chi connectivity index (χ1n) is 8.36. The van der Waals surface area contributed by atoms with Crippen LogP contribution < -0.4 is 10.2 Å². The number of hydrogen-bond donors (Lipinski definition) is 1. The normalized spacial score (nSPS) is 18.1. The molecule has 1 aliphatic heterocycles. The molecule has 2 amide bonds. The van der Waals surface area contributed by atoms with Gasteiger partial charge in [0.05, 0.1) is 0 Å². The van der Waals surface area contributed by atoms with Crippen LogP contribution in [0.15, 0.2) is 18.3 Å². The van der Waals surface area contributed by atoms with Gasteiger partial charge >= 0.3 is 6.03 Å². The Morgan fingerprint density at radius 2 is 2.18 bits per heavy atom. The summed E-state index contributed by atoms with van der Waals surface area (Å²) in [6.45, 7) is 10.6. The minimum Gasteiger partial charge on any atom is -0.357 e. The molecule has 1 aliphatic rings. The van der Waals surface area contributed by atoms with Crippen molar-refractivity contribution in [3.05, 3.63) is 23.9 Å². The Morgan fingerprint density at radius 3 is 2.77 bits per heavy atom. The summed E-state index contributed by atoms with van der Waals surface area (Å²) < 4.78 is 0. The molecule has 1 unspecified atom stereocenters. The summed E-state index contributed by atoms with van der Waals surface area (Å²) >= 11 is 0. The molecule has 22 heavy (non-hydrogen) atoms. The summed E-state index contributed by atoms with van der Waals surface area (Å²) in [7, 11) is 0. The molecule has 5 nitrogen and oxygen atoms in total. The number of aromatic nitrogens is 1. The van der Waals surface area contributed by atoms with Crippen molar-refractivity contribution in [3.8, 4) is 0 Å². The van der Waals surface area contributed by atoms with E-state index in [1.54, 1.807) is 0 Å². The second-order valence-electron chi connectivity index (χ2n) is 6.05. The molecule has 1 fully saturated rings. The van der Waals surface area contributed by atoms with Crippen LogP contribution in [0.2, 0.25) is 0 Å². The Hall–Kier alpha value is -1.78. The van der Waals surface area contributed by atoms with Crippen molar-refractivity contribution in [1.82, 2.24) is 15.2 Å². The van der Waals surface area contributed by atoms with Gasteiger partial charge in [-0.3, -0.25) is 0 Å². The SMILES string of the molecule is CCN(CC)c1ccc(CNC(=O)N2CCCC(C)C2)cn1. The fourth-order valence-corrected chi connectivity index (χ4v) is 2.92. The first-order chi connectivity index (χ1) is 10.6. The fraction of sp³-hybridized carbons (Fsp3) is 0.647. The number of hydrogen-bond acceptors (Lipinski definition) is 3. The Bertz CT molecular complexity index is 470. The lowest BCUT2D eigenvalue weighted by Gasteiger charge is -2.30. The molecule has 0 aromatic carbocycles. The van der Waals surface area contributed by atoms with Gasteiger partial charge in [0.2, 0.25) is 0 Å². The van der Waals surface area contributed by atoms with E-state index < -0.39 is 0 Å². The minimum absolute atomic E-state index is 0.0411. The largest absolute Gasteiger partial charge is 0.357 e. The maximum atomic E-state index is 12.2. The highest BCUT2D eigenvalue weighted by Crippen LogP contribution is 2.15. The van der Waals surface area contributed by atoms with E-state index in [9.17, 15) is 4.79 Å². The summed E-state index contributed by atoms with van der Waals surface area (Å²) in [5.74, 6) is 1.60. The van der Waals surface area contributed by atoms with Crippen LogP contribution in [-0.4, -0.2) is 42.1 Å². The molecule has 0 radical (unpaired) electrons. The maximum Gasteiger partial charge on any atom is 0.317 e. The van der Waals surface area contributed by atoms with Gasteiger partial charge in [-0.15, -0.1) is 0 Å². The molecule has 2 rings (SSSR count). The minimum atomic E-state index is 0.0411. The Balaban J connectivity index is 1.85. The van der Waals surface area contributed by atoms with Gasteiger partial charge in [0.15, 0.2) is 0 Å². The smallest absolute Gasteiger partial charge is 0.317 e. The predicted molar refractivity (Wildman–Crippen MR) is 90.0 cm³/mol. The summed E-state index contributed by atoms with van der Waals surface area (Å²) in [5, 5.41) is 3.00. The number of anilines is 1. The molecule has 5 heteroatoms. The zero-order chi connectivity index (χ0) is 15.9. The van der Waals surface area contributed by atoms with Gasteiger partial charge in [-0.2, -0.15) is 0 Å². The molecule has 1 aromatic heterocycles. The molecule has 0 spiro atoms. The average molecular weight is 304 g/mol. The number of amides is 2. The molecule has 122 valence electrons. The zero-order valence-corrected chi connectivity index (χ0v) is 14.0. The predicted octanol–water partition coefficient (Wildman–Crippen LogP) is 2.87. The second kappa shape index (κ2) is 8.01. The number of nitrogens with zero attached hydrogens (tertiary/aromatic N) is 3. The van der Waals surface area contributed by atoms with E-state index in [4.69, 9.17) is 0 Å². The molecule has 0 saturated carbocycles. The third-order valence-electron chi connectivity index (χ3n) is 4.28. The van der Waals surface area contributed by atoms with Crippen molar-refractivity contribution in [1.29, 1.82) is 0 Å². The van der Waals surface area contributed by atoms with Gasteiger partial charge in [-0.1, -0.05) is 13.0 Å². The third-order valence-corrected chi connectivity index (χ3v) is 4.28. The van der Waals surface area contributed by atoms with Crippen molar-refractivity contribution >= 4 is 11.8 Å². The lowest BCUT2D eigenvalue weighted by Crippen LogP contribution is -2.44. The van der Waals surface area contributed by atoms with E-state index >= 15 is 0 Å². The molecular weight excluding hydrogens is 276 g/mol. The van der Waals surface area contributed by atoms with Crippen LogP contribution in [0.5, 0.6) is 0 Å². The summed E-state index contributed by atoms with van der Waals surface area (Å²) in [4.78, 5) is 20.8. The highest BCUT2D eigenvalue weighted by atomic mass is 16.2. The lowest BCUT2D eigenvalue weighted by molar-refractivity contribution is 0.169. The van der Waals surface area contributed by atoms with E-state index in [-0.39, 0.29) is 6.03 Å². The second-order valence-corrected chi connectivity index (χ2v) is 6.05. The van der Waals surface area contributed by atoms with Crippen LogP contribution in [0.3, 0.4) is 0 Å². The van der Waals surface area contributed by atoms with Crippen molar-refractivity contribution in [3.63, 3.8) is 0 Å². The van der Waals surface area contributed by atoms with Gasteiger partial charge < -0.3 is 15.1 Å². The first-order valence-corrected chi connectivity index (χ1v) is 8.36. The molecule has 1 aromatic rings. The number of carbonyl (C=O) groups excluding carboxylic acids is 1. The Morgan fingerprint density at radius 1 is 1.41 bits per heavy atom. The number of piperidine rings is 1. The number of urea groups is 1. The quantitative estimate of drug-likeness (QED) is 0.910. The van der Waals surface area contributed by atoms with Crippen molar-refractivity contribution in [2.45, 2.75) is 40.2 Å². The highest BCUT2D eigenvalue weighted by molar-refractivity contribution is 5.74. The van der Waals surface area contributed by atoms with Crippen molar-refractivity contribution in [2.24, 2.45) is 5.92 Å². The van der Waals surface area contributed by atoms with Gasteiger partial charge in [0, 0.05) is 38.9 Å². The summed E-state index contributed by atoms with van der Waals surface area (Å²) in [5.41, 5.74) is 1.04. The first kappa shape index (κ1) is 16.6. The van der Waals surface area contributed by atoms with Crippen LogP contribution >= 0.6 is 0 Å². The number of nitrogens with one attached hydrogen (secondary N) is 1. The molecule has 1 saturated heterocycles. The van der Waals surface area contributed by atoms with Gasteiger partial charge in [0.1, 0.15) is 5.82 Å². The molecule has 0 bridgehead atoms. The van der Waals surface area contributed by atoms with Crippen LogP contribution in [0.4, 0.5) is 10.6 Å². The van der Waals surface area contributed by atoms with E-state index in [2.05, 4.69) is 36.0 Å². The Labute approximate surface area is 133 Å². The molecule has 1 N–H and O–H groups in total. The highest BCUT2D eigenvalue weighted by Gasteiger charge is 2.20. The summed E-state index contributed by atoms with van der Waals surface area (Å²) in [6.07, 6.45) is 4.18. The third kappa shape index (κ3) is 4.36. The maximum absolute atomic E-state index is 12.2. The molecular formula is C17H28N4O. The monoisotopic (exact) mass is 304 g/mol. The number of carbonyl (C=O) groups is 1.